The van der Waals surface area contributed by atoms with Crippen LogP contribution in [0.4, 0.5) is 0 Å². The van der Waals surface area contributed by atoms with Gasteiger partial charge in [0.05, 0.1) is 0 Å². The fourth-order valence-corrected chi connectivity index (χ4v) is 1.80. The third-order valence-corrected chi connectivity index (χ3v) is 3.21. The summed E-state index contributed by atoms with van der Waals surface area (Å²) in [6.07, 6.45) is 10.8. The molecule has 0 unspecified atom stereocenters. The Morgan fingerprint density at radius 3 is 1.76 bits per heavy atom. The second-order valence-electron chi connectivity index (χ2n) is 5.40. The third kappa shape index (κ3) is 11.3. The Labute approximate surface area is 129 Å². The van der Waals surface area contributed by atoms with E-state index in [9.17, 15) is 9.90 Å². The van der Waals surface area contributed by atoms with Crippen LogP contribution in [-0.2, 0) is 4.79 Å². The Hall–Kier alpha value is 0.470. The molecule has 0 amide bonds. The smallest absolute Gasteiger partial charge is 0.550 e. The minimum absolute atomic E-state index is 0. The Bertz CT molecular complexity index is 191. The van der Waals surface area contributed by atoms with Gasteiger partial charge in [-0.15, -0.1) is 0 Å². The fourth-order valence-electron chi connectivity index (χ4n) is 1.80. The summed E-state index contributed by atoms with van der Waals surface area (Å²) in [5, 5.41) is 10.7. The van der Waals surface area contributed by atoms with E-state index in [4.69, 9.17) is 0 Å². The first kappa shape index (κ1) is 19.8. The zero-order valence-corrected chi connectivity index (χ0v) is 14.2. The van der Waals surface area contributed by atoms with E-state index in [2.05, 4.69) is 6.92 Å². The quantitative estimate of drug-likeness (QED) is 0.413. The summed E-state index contributed by atoms with van der Waals surface area (Å²) in [5.74, 6) is -0.921. The van der Waals surface area contributed by atoms with E-state index in [0.717, 1.165) is 19.3 Å². The first-order valence-electron chi connectivity index (χ1n) is 6.72. The molecule has 0 spiro atoms. The third-order valence-electron chi connectivity index (χ3n) is 3.21. The van der Waals surface area contributed by atoms with Crippen molar-refractivity contribution in [1.82, 2.24) is 0 Å². The van der Waals surface area contributed by atoms with Crippen LogP contribution >= 0.6 is 0 Å². The molecule has 0 N–H and O–H groups in total. The summed E-state index contributed by atoms with van der Waals surface area (Å²) >= 11 is 0. The van der Waals surface area contributed by atoms with Crippen molar-refractivity contribution in [1.29, 1.82) is 0 Å². The van der Waals surface area contributed by atoms with Gasteiger partial charge in [0.25, 0.3) is 0 Å². The maximum absolute atomic E-state index is 10.7. The van der Waals surface area contributed by atoms with Gasteiger partial charge in [-0.3, -0.25) is 0 Å². The number of hydrogen-bond donors (Lipinski definition) is 0. The average molecular weight is 250 g/mol. The van der Waals surface area contributed by atoms with Crippen molar-refractivity contribution in [3.05, 3.63) is 0 Å². The minimum atomic E-state index is -0.921. The van der Waals surface area contributed by atoms with Gasteiger partial charge in [0.2, 0.25) is 0 Å². The van der Waals surface area contributed by atoms with Crippen LogP contribution in [0.15, 0.2) is 0 Å². The first-order valence-corrected chi connectivity index (χ1v) is 6.72. The van der Waals surface area contributed by atoms with E-state index in [1.54, 1.807) is 13.8 Å². The molecule has 17 heavy (non-hydrogen) atoms. The number of carbonyl (C=O) groups is 1. The molecule has 0 bridgehead atoms. The molecule has 0 saturated carbocycles. The van der Waals surface area contributed by atoms with Crippen LogP contribution in [0.3, 0.4) is 0 Å². The number of rotatable bonds is 10. The predicted octanol–water partition coefficient (Wildman–Crippen LogP) is 0.297. The second kappa shape index (κ2) is 11.6. The van der Waals surface area contributed by atoms with Crippen molar-refractivity contribution in [2.45, 2.75) is 78.6 Å². The van der Waals surface area contributed by atoms with Crippen LogP contribution in [0.2, 0.25) is 0 Å². The second-order valence-corrected chi connectivity index (χ2v) is 5.40. The molecule has 0 saturated heterocycles. The van der Waals surface area contributed by atoms with Gasteiger partial charge in [-0.1, -0.05) is 72.1 Å². The summed E-state index contributed by atoms with van der Waals surface area (Å²) in [6, 6.07) is 0. The molecule has 0 aromatic heterocycles. The van der Waals surface area contributed by atoms with Gasteiger partial charge in [0.15, 0.2) is 0 Å². The molecular formula is C14H27NaO2. The minimum Gasteiger partial charge on any atom is -0.550 e. The van der Waals surface area contributed by atoms with Gasteiger partial charge >= 0.3 is 29.6 Å². The Morgan fingerprint density at radius 2 is 1.35 bits per heavy atom. The molecule has 0 heterocycles. The molecule has 0 aliphatic rings. The van der Waals surface area contributed by atoms with Crippen LogP contribution in [-0.4, -0.2) is 5.97 Å². The molecule has 2 nitrogen and oxygen atoms in total. The number of carboxylic acid groups (broad SMARTS) is 1. The maximum Gasteiger partial charge on any atom is 1.00 e. The summed E-state index contributed by atoms with van der Waals surface area (Å²) in [5.41, 5.74) is -0.651. The van der Waals surface area contributed by atoms with Crippen molar-refractivity contribution in [2.75, 3.05) is 0 Å². The number of hydrogen-bond acceptors (Lipinski definition) is 2. The van der Waals surface area contributed by atoms with Crippen molar-refractivity contribution >= 4 is 5.97 Å². The molecule has 3 heteroatoms. The van der Waals surface area contributed by atoms with Gasteiger partial charge in [-0.05, 0) is 6.42 Å². The summed E-state index contributed by atoms with van der Waals surface area (Å²) < 4.78 is 0. The SMILES string of the molecule is CCCCCCCCCCC(C)(C)C(=O)[O-].[Na+]. The van der Waals surface area contributed by atoms with Crippen molar-refractivity contribution in [2.24, 2.45) is 5.41 Å². The number of carboxylic acids is 1. The van der Waals surface area contributed by atoms with Crippen LogP contribution in [0, 0.1) is 5.41 Å². The van der Waals surface area contributed by atoms with Crippen LogP contribution < -0.4 is 34.7 Å². The fraction of sp³-hybridized carbons (Fsp3) is 0.929. The van der Waals surface area contributed by atoms with Gasteiger partial charge in [-0.25, -0.2) is 0 Å². The normalized spacial score (nSPS) is 11.0. The van der Waals surface area contributed by atoms with Gasteiger partial charge < -0.3 is 9.90 Å². The molecule has 0 fully saturated rings. The maximum atomic E-state index is 10.7. The summed E-state index contributed by atoms with van der Waals surface area (Å²) in [6.45, 7) is 5.73. The van der Waals surface area contributed by atoms with Crippen LogP contribution in [0.25, 0.3) is 0 Å². The molecule has 96 valence electrons. The van der Waals surface area contributed by atoms with Gasteiger partial charge in [-0.2, -0.15) is 0 Å². The van der Waals surface area contributed by atoms with Gasteiger partial charge in [0.1, 0.15) is 0 Å². The van der Waals surface area contributed by atoms with E-state index in [1.807, 2.05) is 0 Å². The number of unbranched alkanes of at least 4 members (excludes halogenated alkanes) is 7. The molecule has 0 aromatic rings. The number of aliphatic carboxylic acids is 1. The van der Waals surface area contributed by atoms with E-state index < -0.39 is 11.4 Å². The largest absolute Gasteiger partial charge is 1.00 e. The van der Waals surface area contributed by atoms with E-state index in [-0.39, 0.29) is 29.6 Å². The van der Waals surface area contributed by atoms with Crippen molar-refractivity contribution in [3.8, 4) is 0 Å². The van der Waals surface area contributed by atoms with E-state index in [1.165, 1.54) is 38.5 Å². The molecular weight excluding hydrogens is 223 g/mol. The standard InChI is InChI=1S/C14H28O2.Na/c1-4-5-6-7-8-9-10-11-12-14(2,3)13(15)16;/h4-12H2,1-3H3,(H,15,16);/q;+1/p-1. The average Bonchev–Trinajstić information content (AvgIpc) is 2.21. The van der Waals surface area contributed by atoms with Gasteiger partial charge in [0, 0.05) is 11.4 Å². The molecule has 0 aliphatic carbocycles. The molecule has 0 atom stereocenters. The van der Waals surface area contributed by atoms with E-state index in [0.29, 0.717) is 0 Å². The molecule has 0 rings (SSSR count). The monoisotopic (exact) mass is 250 g/mol. The predicted molar refractivity (Wildman–Crippen MR) is 66.0 cm³/mol. The first-order chi connectivity index (χ1) is 7.50. The zero-order chi connectivity index (χ0) is 12.4. The van der Waals surface area contributed by atoms with Crippen LogP contribution in [0.5, 0.6) is 0 Å². The van der Waals surface area contributed by atoms with Crippen molar-refractivity contribution < 1.29 is 39.5 Å². The van der Waals surface area contributed by atoms with E-state index >= 15 is 0 Å². The zero-order valence-electron chi connectivity index (χ0n) is 12.2. The van der Waals surface area contributed by atoms with Crippen LogP contribution in [0.1, 0.15) is 78.6 Å². The Morgan fingerprint density at radius 1 is 0.941 bits per heavy atom. The summed E-state index contributed by atoms with van der Waals surface area (Å²) in [7, 11) is 0. The Balaban J connectivity index is 0. The Kier molecular flexibility index (Phi) is 13.5. The molecule has 0 aromatic carbocycles. The summed E-state index contributed by atoms with van der Waals surface area (Å²) in [4.78, 5) is 10.7. The topological polar surface area (TPSA) is 40.1 Å². The van der Waals surface area contributed by atoms with Crippen molar-refractivity contribution in [3.63, 3.8) is 0 Å². The molecule has 0 aliphatic heterocycles. The molecule has 0 radical (unpaired) electrons. The number of carbonyl (C=O) groups excluding carboxylic acids is 1.